The number of rotatable bonds is 5. The van der Waals surface area contributed by atoms with Crippen LogP contribution in [0.1, 0.15) is 18.4 Å². The molecule has 6 heteroatoms. The molecule has 0 radical (unpaired) electrons. The van der Waals surface area contributed by atoms with Crippen molar-refractivity contribution < 1.29 is 9.53 Å². The van der Waals surface area contributed by atoms with E-state index in [0.29, 0.717) is 11.2 Å². The van der Waals surface area contributed by atoms with E-state index in [0.717, 1.165) is 24.1 Å². The van der Waals surface area contributed by atoms with Gasteiger partial charge < -0.3 is 15.4 Å². The molecule has 1 saturated carbocycles. The first kappa shape index (κ1) is 15.6. The van der Waals surface area contributed by atoms with Crippen molar-refractivity contribution in [1.82, 2.24) is 10.3 Å². The van der Waals surface area contributed by atoms with Crippen molar-refractivity contribution in [3.8, 4) is 0 Å². The van der Waals surface area contributed by atoms with Crippen LogP contribution in [0.4, 0.5) is 10.5 Å². The maximum Gasteiger partial charge on any atom is 0.407 e. The summed E-state index contributed by atoms with van der Waals surface area (Å²) in [7, 11) is 0. The summed E-state index contributed by atoms with van der Waals surface area (Å²) in [6, 6.07) is 13.8. The van der Waals surface area contributed by atoms with E-state index in [4.69, 9.17) is 16.3 Å². The Bertz CT molecular complexity index is 660. The maximum absolute atomic E-state index is 11.7. The molecule has 1 aromatic carbocycles. The van der Waals surface area contributed by atoms with Crippen LogP contribution in [0.15, 0.2) is 48.7 Å². The summed E-state index contributed by atoms with van der Waals surface area (Å²) in [5.41, 5.74) is 1.92. The van der Waals surface area contributed by atoms with Crippen LogP contribution in [0, 0.1) is 0 Å². The third-order valence-electron chi connectivity index (χ3n) is 3.77. The summed E-state index contributed by atoms with van der Waals surface area (Å²) < 4.78 is 5.21. The SMILES string of the molecule is O=C(NC1CC(Nc2ccnc(Cl)c2)C1)OCc1ccccc1. The molecule has 2 aromatic rings. The molecule has 3 rings (SSSR count). The van der Waals surface area contributed by atoms with E-state index >= 15 is 0 Å². The Morgan fingerprint density at radius 1 is 1.22 bits per heavy atom. The van der Waals surface area contributed by atoms with Gasteiger partial charge in [-0.3, -0.25) is 0 Å². The molecule has 5 nitrogen and oxygen atoms in total. The lowest BCUT2D eigenvalue weighted by Gasteiger charge is -2.36. The van der Waals surface area contributed by atoms with Crippen molar-refractivity contribution >= 4 is 23.4 Å². The topological polar surface area (TPSA) is 63.2 Å². The van der Waals surface area contributed by atoms with Gasteiger partial charge in [0, 0.05) is 24.0 Å². The zero-order valence-electron chi connectivity index (χ0n) is 12.5. The average molecular weight is 332 g/mol. The zero-order chi connectivity index (χ0) is 16.1. The molecule has 2 N–H and O–H groups in total. The summed E-state index contributed by atoms with van der Waals surface area (Å²) in [4.78, 5) is 15.7. The highest BCUT2D eigenvalue weighted by atomic mass is 35.5. The second-order valence-corrected chi connectivity index (χ2v) is 5.97. The van der Waals surface area contributed by atoms with Crippen LogP contribution in [0.5, 0.6) is 0 Å². The number of carbonyl (C=O) groups is 1. The molecule has 1 heterocycles. The van der Waals surface area contributed by atoms with Gasteiger partial charge in [-0.2, -0.15) is 0 Å². The van der Waals surface area contributed by atoms with Crippen molar-refractivity contribution in [1.29, 1.82) is 0 Å². The van der Waals surface area contributed by atoms with E-state index in [2.05, 4.69) is 15.6 Å². The predicted molar refractivity (Wildman–Crippen MR) is 89.4 cm³/mol. The number of pyridine rings is 1. The van der Waals surface area contributed by atoms with Crippen LogP contribution in [0.3, 0.4) is 0 Å². The smallest absolute Gasteiger partial charge is 0.407 e. The largest absolute Gasteiger partial charge is 0.445 e. The molecule has 1 aliphatic carbocycles. The molecule has 1 aromatic heterocycles. The van der Waals surface area contributed by atoms with E-state index in [-0.39, 0.29) is 18.7 Å². The Hall–Kier alpha value is -2.27. The van der Waals surface area contributed by atoms with Crippen LogP contribution in [-0.2, 0) is 11.3 Å². The molecular formula is C17H18ClN3O2. The Labute approximate surface area is 140 Å². The normalized spacial score (nSPS) is 19.5. The lowest BCUT2D eigenvalue weighted by atomic mass is 9.87. The van der Waals surface area contributed by atoms with Crippen molar-refractivity contribution in [3.05, 3.63) is 59.4 Å². The number of carbonyl (C=O) groups excluding carboxylic acids is 1. The molecule has 1 fully saturated rings. The van der Waals surface area contributed by atoms with Crippen LogP contribution in [0.25, 0.3) is 0 Å². The van der Waals surface area contributed by atoms with Crippen molar-refractivity contribution in [2.75, 3.05) is 5.32 Å². The van der Waals surface area contributed by atoms with Gasteiger partial charge in [-0.1, -0.05) is 41.9 Å². The highest BCUT2D eigenvalue weighted by Crippen LogP contribution is 2.25. The number of hydrogen-bond acceptors (Lipinski definition) is 4. The van der Waals surface area contributed by atoms with Gasteiger partial charge in [0.05, 0.1) is 0 Å². The van der Waals surface area contributed by atoms with E-state index in [1.165, 1.54) is 0 Å². The van der Waals surface area contributed by atoms with Gasteiger partial charge >= 0.3 is 6.09 Å². The Morgan fingerprint density at radius 2 is 2.00 bits per heavy atom. The summed E-state index contributed by atoms with van der Waals surface area (Å²) in [6.07, 6.45) is 3.02. The quantitative estimate of drug-likeness (QED) is 0.822. The molecule has 1 amide bonds. The van der Waals surface area contributed by atoms with E-state index in [9.17, 15) is 4.79 Å². The molecule has 120 valence electrons. The van der Waals surface area contributed by atoms with Crippen molar-refractivity contribution in [3.63, 3.8) is 0 Å². The molecule has 23 heavy (non-hydrogen) atoms. The van der Waals surface area contributed by atoms with Crippen LogP contribution < -0.4 is 10.6 Å². The predicted octanol–water partition coefficient (Wildman–Crippen LogP) is 3.60. The lowest BCUT2D eigenvalue weighted by molar-refractivity contribution is 0.129. The van der Waals surface area contributed by atoms with Crippen LogP contribution >= 0.6 is 11.6 Å². The van der Waals surface area contributed by atoms with Gasteiger partial charge in [0.15, 0.2) is 0 Å². The maximum atomic E-state index is 11.7. The number of nitrogens with one attached hydrogen (secondary N) is 2. The van der Waals surface area contributed by atoms with Gasteiger partial charge in [0.2, 0.25) is 0 Å². The standard InChI is InChI=1S/C17H18ClN3O2/c18-16-10-13(6-7-19-16)20-14-8-15(9-14)21-17(22)23-11-12-4-2-1-3-5-12/h1-7,10,14-15H,8-9,11H2,(H,19,20)(H,21,22). The Balaban J connectivity index is 1.36. The fraction of sp³-hybridized carbons (Fsp3) is 0.294. The van der Waals surface area contributed by atoms with Gasteiger partial charge in [0.25, 0.3) is 0 Å². The van der Waals surface area contributed by atoms with Crippen LogP contribution in [0.2, 0.25) is 5.15 Å². The first-order valence-corrected chi connectivity index (χ1v) is 7.92. The number of alkyl carbamates (subject to hydrolysis) is 1. The molecule has 0 bridgehead atoms. The fourth-order valence-electron chi connectivity index (χ4n) is 2.51. The average Bonchev–Trinajstić information content (AvgIpc) is 2.52. The summed E-state index contributed by atoms with van der Waals surface area (Å²) >= 11 is 5.85. The van der Waals surface area contributed by atoms with Gasteiger partial charge in [-0.15, -0.1) is 0 Å². The highest BCUT2D eigenvalue weighted by molar-refractivity contribution is 6.29. The summed E-state index contributed by atoms with van der Waals surface area (Å²) in [6.45, 7) is 0.288. The third-order valence-corrected chi connectivity index (χ3v) is 3.98. The minimum absolute atomic E-state index is 0.146. The fourth-order valence-corrected chi connectivity index (χ4v) is 2.69. The van der Waals surface area contributed by atoms with Gasteiger partial charge in [-0.05, 0) is 30.5 Å². The lowest BCUT2D eigenvalue weighted by Crippen LogP contribution is -2.49. The number of halogens is 1. The van der Waals surface area contributed by atoms with Gasteiger partial charge in [-0.25, -0.2) is 9.78 Å². The second kappa shape index (κ2) is 7.33. The number of benzene rings is 1. The van der Waals surface area contributed by atoms with E-state index in [1.807, 2.05) is 36.4 Å². The number of nitrogens with zero attached hydrogens (tertiary/aromatic N) is 1. The number of ether oxygens (including phenoxy) is 1. The molecule has 0 spiro atoms. The number of anilines is 1. The number of aromatic nitrogens is 1. The minimum Gasteiger partial charge on any atom is -0.445 e. The zero-order valence-corrected chi connectivity index (χ0v) is 13.3. The van der Waals surface area contributed by atoms with Crippen LogP contribution in [-0.4, -0.2) is 23.2 Å². The number of hydrogen-bond donors (Lipinski definition) is 2. The van der Waals surface area contributed by atoms with Gasteiger partial charge in [0.1, 0.15) is 11.8 Å². The second-order valence-electron chi connectivity index (χ2n) is 5.58. The third kappa shape index (κ3) is 4.60. The monoisotopic (exact) mass is 331 g/mol. The Morgan fingerprint density at radius 3 is 2.74 bits per heavy atom. The summed E-state index contributed by atoms with van der Waals surface area (Å²) in [5.74, 6) is 0. The first-order chi connectivity index (χ1) is 11.2. The molecule has 0 aliphatic heterocycles. The van der Waals surface area contributed by atoms with E-state index in [1.54, 1.807) is 12.3 Å². The first-order valence-electron chi connectivity index (χ1n) is 7.54. The molecule has 0 atom stereocenters. The molecular weight excluding hydrogens is 314 g/mol. The van der Waals surface area contributed by atoms with E-state index < -0.39 is 0 Å². The molecule has 0 saturated heterocycles. The highest BCUT2D eigenvalue weighted by Gasteiger charge is 2.30. The minimum atomic E-state index is -0.371. The van der Waals surface area contributed by atoms with Crippen molar-refractivity contribution in [2.24, 2.45) is 0 Å². The Kier molecular flexibility index (Phi) is 4.98. The van der Waals surface area contributed by atoms with Crippen molar-refractivity contribution in [2.45, 2.75) is 31.5 Å². The molecule has 0 unspecified atom stereocenters. The molecule has 1 aliphatic rings. The summed E-state index contributed by atoms with van der Waals surface area (Å²) in [5, 5.41) is 6.70. The number of amides is 1.